The normalized spacial score (nSPS) is 11.7. The molecule has 0 radical (unpaired) electrons. The number of carbonyl (C=O) groups excluding carboxylic acids is 1. The van der Waals surface area contributed by atoms with Gasteiger partial charge in [0.25, 0.3) is 0 Å². The lowest BCUT2D eigenvalue weighted by Crippen LogP contribution is -2.33. The van der Waals surface area contributed by atoms with Gasteiger partial charge in [0, 0.05) is 24.2 Å². The first-order chi connectivity index (χ1) is 14.3. The summed E-state index contributed by atoms with van der Waals surface area (Å²) < 4.78 is 1.62. The predicted octanol–water partition coefficient (Wildman–Crippen LogP) is 4.05. The second-order valence-corrected chi connectivity index (χ2v) is 6.82. The van der Waals surface area contributed by atoms with Crippen LogP contribution in [-0.4, -0.2) is 20.7 Å². The van der Waals surface area contributed by atoms with Crippen LogP contribution in [0.5, 0.6) is 0 Å². The molecule has 5 heteroatoms. The van der Waals surface area contributed by atoms with E-state index in [1.165, 1.54) is 0 Å². The van der Waals surface area contributed by atoms with Crippen LogP contribution in [0.3, 0.4) is 0 Å². The lowest BCUT2D eigenvalue weighted by Gasteiger charge is -2.21. The number of rotatable bonds is 7. The molecule has 1 atom stereocenters. The Morgan fingerprint density at radius 3 is 2.38 bits per heavy atom. The second kappa shape index (κ2) is 8.97. The number of pyridine rings is 1. The van der Waals surface area contributed by atoms with Crippen molar-refractivity contribution in [2.75, 3.05) is 0 Å². The van der Waals surface area contributed by atoms with E-state index in [0.717, 1.165) is 22.4 Å². The highest BCUT2D eigenvalue weighted by atomic mass is 16.2. The third-order valence-electron chi connectivity index (χ3n) is 4.74. The van der Waals surface area contributed by atoms with E-state index >= 15 is 0 Å². The van der Waals surface area contributed by atoms with E-state index < -0.39 is 0 Å². The van der Waals surface area contributed by atoms with E-state index in [1.54, 1.807) is 29.3 Å². The highest BCUT2D eigenvalue weighted by Gasteiger charge is 2.20. The third-order valence-corrected chi connectivity index (χ3v) is 4.74. The van der Waals surface area contributed by atoms with Crippen LogP contribution in [0.2, 0.25) is 0 Å². The topological polar surface area (TPSA) is 59.8 Å². The number of hydrogen-bond acceptors (Lipinski definition) is 3. The maximum absolute atomic E-state index is 12.7. The van der Waals surface area contributed by atoms with Gasteiger partial charge in [0.1, 0.15) is 6.54 Å². The summed E-state index contributed by atoms with van der Waals surface area (Å²) >= 11 is 0. The Bertz CT molecular complexity index is 1050. The molecule has 1 amide bonds. The van der Waals surface area contributed by atoms with E-state index in [2.05, 4.69) is 45.7 Å². The Morgan fingerprint density at radius 1 is 0.897 bits per heavy atom. The first kappa shape index (κ1) is 18.6. The molecule has 0 aliphatic carbocycles. The SMILES string of the molecule is O=C(Cn1cccn1)N[C@H](Cc1ccccc1)c1ncccc1-c1ccccc1. The van der Waals surface area contributed by atoms with Crippen molar-refractivity contribution in [1.82, 2.24) is 20.1 Å². The fourth-order valence-electron chi connectivity index (χ4n) is 3.40. The van der Waals surface area contributed by atoms with Crippen LogP contribution in [-0.2, 0) is 17.8 Å². The van der Waals surface area contributed by atoms with E-state index in [-0.39, 0.29) is 18.5 Å². The summed E-state index contributed by atoms with van der Waals surface area (Å²) in [4.78, 5) is 17.4. The Balaban J connectivity index is 1.66. The van der Waals surface area contributed by atoms with Crippen LogP contribution in [0.1, 0.15) is 17.3 Å². The highest BCUT2D eigenvalue weighted by molar-refractivity contribution is 5.77. The third kappa shape index (κ3) is 4.76. The molecule has 0 aliphatic rings. The summed E-state index contributed by atoms with van der Waals surface area (Å²) in [7, 11) is 0. The van der Waals surface area contributed by atoms with Crippen molar-refractivity contribution in [3.8, 4) is 11.1 Å². The van der Waals surface area contributed by atoms with Crippen molar-refractivity contribution in [3.05, 3.63) is 109 Å². The fourth-order valence-corrected chi connectivity index (χ4v) is 3.40. The molecule has 5 nitrogen and oxygen atoms in total. The number of nitrogens with zero attached hydrogens (tertiary/aromatic N) is 3. The van der Waals surface area contributed by atoms with Gasteiger partial charge in [0.15, 0.2) is 0 Å². The van der Waals surface area contributed by atoms with E-state index in [1.807, 2.05) is 42.5 Å². The fraction of sp³-hybridized carbons (Fsp3) is 0.125. The predicted molar refractivity (Wildman–Crippen MR) is 113 cm³/mol. The van der Waals surface area contributed by atoms with Crippen molar-refractivity contribution in [2.45, 2.75) is 19.0 Å². The summed E-state index contributed by atoms with van der Waals surface area (Å²) in [6.07, 6.45) is 5.88. The molecule has 0 spiro atoms. The monoisotopic (exact) mass is 382 g/mol. The molecule has 1 N–H and O–H groups in total. The average molecular weight is 382 g/mol. The van der Waals surface area contributed by atoms with Gasteiger partial charge in [-0.15, -0.1) is 0 Å². The molecule has 0 bridgehead atoms. The van der Waals surface area contributed by atoms with Gasteiger partial charge in [0.2, 0.25) is 5.91 Å². The van der Waals surface area contributed by atoms with E-state index in [4.69, 9.17) is 0 Å². The summed E-state index contributed by atoms with van der Waals surface area (Å²) in [5.41, 5.74) is 4.10. The largest absolute Gasteiger partial charge is 0.346 e. The first-order valence-electron chi connectivity index (χ1n) is 9.60. The lowest BCUT2D eigenvalue weighted by molar-refractivity contribution is -0.122. The van der Waals surface area contributed by atoms with Crippen LogP contribution in [0.15, 0.2) is 97.5 Å². The molecular formula is C24H22N4O. The quantitative estimate of drug-likeness (QED) is 0.525. The Hall–Kier alpha value is -3.73. The van der Waals surface area contributed by atoms with Gasteiger partial charge >= 0.3 is 0 Å². The molecule has 144 valence electrons. The van der Waals surface area contributed by atoms with Crippen molar-refractivity contribution < 1.29 is 4.79 Å². The van der Waals surface area contributed by atoms with Gasteiger partial charge in [-0.1, -0.05) is 66.7 Å². The molecule has 2 aromatic heterocycles. The Kier molecular flexibility index (Phi) is 5.76. The van der Waals surface area contributed by atoms with Gasteiger partial charge in [-0.3, -0.25) is 14.5 Å². The minimum Gasteiger partial charge on any atom is -0.346 e. The molecular weight excluding hydrogens is 360 g/mol. The van der Waals surface area contributed by atoms with Crippen molar-refractivity contribution >= 4 is 5.91 Å². The van der Waals surface area contributed by atoms with Gasteiger partial charge in [-0.05, 0) is 29.7 Å². The Labute approximate surface area is 170 Å². The van der Waals surface area contributed by atoms with Crippen molar-refractivity contribution in [2.24, 2.45) is 0 Å². The zero-order valence-electron chi connectivity index (χ0n) is 16.0. The van der Waals surface area contributed by atoms with Crippen LogP contribution in [0, 0.1) is 0 Å². The molecule has 0 fully saturated rings. The van der Waals surface area contributed by atoms with Gasteiger partial charge in [-0.2, -0.15) is 5.10 Å². The van der Waals surface area contributed by atoms with Gasteiger partial charge in [-0.25, -0.2) is 0 Å². The molecule has 2 heterocycles. The van der Waals surface area contributed by atoms with Crippen LogP contribution < -0.4 is 5.32 Å². The summed E-state index contributed by atoms with van der Waals surface area (Å²) in [6, 6.07) is 25.8. The molecule has 0 aliphatic heterocycles. The number of nitrogens with one attached hydrogen (secondary N) is 1. The maximum atomic E-state index is 12.7. The van der Waals surface area contributed by atoms with Crippen LogP contribution in [0.4, 0.5) is 0 Å². The highest BCUT2D eigenvalue weighted by Crippen LogP contribution is 2.28. The number of hydrogen-bond donors (Lipinski definition) is 1. The summed E-state index contributed by atoms with van der Waals surface area (Å²) in [5.74, 6) is -0.0979. The van der Waals surface area contributed by atoms with Gasteiger partial charge < -0.3 is 5.32 Å². The van der Waals surface area contributed by atoms with E-state index in [9.17, 15) is 4.79 Å². The first-order valence-corrected chi connectivity index (χ1v) is 9.60. The van der Waals surface area contributed by atoms with Gasteiger partial charge in [0.05, 0.1) is 11.7 Å². The minimum atomic E-state index is -0.253. The van der Waals surface area contributed by atoms with Crippen LogP contribution in [0.25, 0.3) is 11.1 Å². The zero-order chi connectivity index (χ0) is 19.9. The van der Waals surface area contributed by atoms with E-state index in [0.29, 0.717) is 6.42 Å². The average Bonchev–Trinajstić information content (AvgIpc) is 3.27. The molecule has 29 heavy (non-hydrogen) atoms. The Morgan fingerprint density at radius 2 is 1.66 bits per heavy atom. The molecule has 2 aromatic carbocycles. The summed E-state index contributed by atoms with van der Waals surface area (Å²) in [5, 5.41) is 7.29. The smallest absolute Gasteiger partial charge is 0.242 e. The standard InChI is InChI=1S/C24H22N4O/c29-23(18-28-16-8-15-26-28)27-22(17-19-9-3-1-4-10-19)24-21(13-7-14-25-24)20-11-5-2-6-12-20/h1-16,22H,17-18H2,(H,27,29)/t22-/m1/s1. The minimum absolute atomic E-state index is 0.0979. The zero-order valence-corrected chi connectivity index (χ0v) is 16.0. The van der Waals surface area contributed by atoms with Crippen molar-refractivity contribution in [3.63, 3.8) is 0 Å². The van der Waals surface area contributed by atoms with Crippen LogP contribution >= 0.6 is 0 Å². The number of carbonyl (C=O) groups is 1. The summed E-state index contributed by atoms with van der Waals surface area (Å²) in [6.45, 7) is 0.172. The second-order valence-electron chi connectivity index (χ2n) is 6.82. The number of amides is 1. The maximum Gasteiger partial charge on any atom is 0.242 e. The molecule has 4 rings (SSSR count). The molecule has 4 aromatic rings. The molecule has 0 saturated carbocycles. The van der Waals surface area contributed by atoms with Crippen molar-refractivity contribution in [1.29, 1.82) is 0 Å². The number of benzene rings is 2. The number of aromatic nitrogens is 3. The molecule has 0 saturated heterocycles. The molecule has 0 unspecified atom stereocenters. The lowest BCUT2D eigenvalue weighted by atomic mass is 9.95.